The molecule has 19 heavy (non-hydrogen) atoms. The normalized spacial score (nSPS) is 13.3. The maximum Gasteiger partial charge on any atom is 0.150 e. The molecule has 0 aliphatic carbocycles. The Hall–Kier alpha value is -1.07. The van der Waals surface area contributed by atoms with Crippen molar-refractivity contribution in [2.75, 3.05) is 18.1 Å². The highest BCUT2D eigenvalue weighted by molar-refractivity contribution is 7.91. The first kappa shape index (κ1) is 16.0. The van der Waals surface area contributed by atoms with Crippen LogP contribution >= 0.6 is 0 Å². The Labute approximate surface area is 115 Å². The van der Waals surface area contributed by atoms with E-state index in [0.29, 0.717) is 18.8 Å². The van der Waals surface area contributed by atoms with Gasteiger partial charge in [-0.3, -0.25) is 0 Å². The van der Waals surface area contributed by atoms with Crippen molar-refractivity contribution in [1.82, 2.24) is 0 Å². The SMILES string of the molecule is CCS(=O)(=O)CCCOc1cc(C)ccc1[C@@H](C)O. The highest BCUT2D eigenvalue weighted by atomic mass is 32.2. The lowest BCUT2D eigenvalue weighted by atomic mass is 10.1. The fourth-order valence-corrected chi connectivity index (χ4v) is 2.56. The van der Waals surface area contributed by atoms with Gasteiger partial charge in [0.25, 0.3) is 0 Å². The number of benzene rings is 1. The van der Waals surface area contributed by atoms with E-state index < -0.39 is 15.9 Å². The third-order valence-electron chi connectivity index (χ3n) is 2.92. The molecule has 4 nitrogen and oxygen atoms in total. The fourth-order valence-electron chi connectivity index (χ4n) is 1.72. The van der Waals surface area contributed by atoms with Gasteiger partial charge in [-0.05, 0) is 31.9 Å². The minimum atomic E-state index is -2.94. The number of rotatable bonds is 7. The zero-order chi connectivity index (χ0) is 14.5. The average Bonchev–Trinajstić information content (AvgIpc) is 2.34. The monoisotopic (exact) mass is 286 g/mol. The molecular formula is C14H22O4S. The molecule has 0 aliphatic heterocycles. The number of aliphatic hydroxyl groups is 1. The van der Waals surface area contributed by atoms with Crippen molar-refractivity contribution in [3.05, 3.63) is 29.3 Å². The predicted octanol–water partition coefficient (Wildman–Crippen LogP) is 2.25. The van der Waals surface area contributed by atoms with E-state index in [1.54, 1.807) is 13.8 Å². The van der Waals surface area contributed by atoms with E-state index >= 15 is 0 Å². The lowest BCUT2D eigenvalue weighted by molar-refractivity contribution is 0.191. The van der Waals surface area contributed by atoms with Gasteiger partial charge in [0.2, 0.25) is 0 Å². The van der Waals surface area contributed by atoms with Crippen molar-refractivity contribution in [2.45, 2.75) is 33.3 Å². The Bertz CT molecular complexity index is 506. The topological polar surface area (TPSA) is 63.6 Å². The van der Waals surface area contributed by atoms with Gasteiger partial charge >= 0.3 is 0 Å². The molecule has 0 aromatic heterocycles. The van der Waals surface area contributed by atoms with Crippen LogP contribution in [0.5, 0.6) is 5.75 Å². The molecule has 0 fully saturated rings. The molecule has 0 aliphatic rings. The largest absolute Gasteiger partial charge is 0.493 e. The van der Waals surface area contributed by atoms with Crippen molar-refractivity contribution in [3.63, 3.8) is 0 Å². The second-order valence-electron chi connectivity index (χ2n) is 4.66. The van der Waals surface area contributed by atoms with Gasteiger partial charge in [-0.15, -0.1) is 0 Å². The molecule has 0 radical (unpaired) electrons. The van der Waals surface area contributed by atoms with Crippen molar-refractivity contribution < 1.29 is 18.3 Å². The van der Waals surface area contributed by atoms with E-state index in [1.165, 1.54) is 0 Å². The standard InChI is InChI=1S/C14H22O4S/c1-4-19(16,17)9-5-8-18-14-10-11(2)6-7-13(14)12(3)15/h6-7,10,12,15H,4-5,8-9H2,1-3H3/t12-/m1/s1. The zero-order valence-electron chi connectivity index (χ0n) is 11.7. The summed E-state index contributed by atoms with van der Waals surface area (Å²) in [4.78, 5) is 0. The van der Waals surface area contributed by atoms with Crippen molar-refractivity contribution in [1.29, 1.82) is 0 Å². The van der Waals surface area contributed by atoms with Crippen LogP contribution in [0, 0.1) is 6.92 Å². The summed E-state index contributed by atoms with van der Waals surface area (Å²) in [6, 6.07) is 5.60. The third kappa shape index (κ3) is 5.20. The van der Waals surface area contributed by atoms with Crippen LogP contribution in [0.2, 0.25) is 0 Å². The summed E-state index contributed by atoms with van der Waals surface area (Å²) in [5.74, 6) is 0.930. The number of ether oxygens (including phenoxy) is 1. The van der Waals surface area contributed by atoms with Gasteiger partial charge in [0.15, 0.2) is 0 Å². The van der Waals surface area contributed by atoms with Crippen molar-refractivity contribution in [2.24, 2.45) is 0 Å². The minimum absolute atomic E-state index is 0.138. The fraction of sp³-hybridized carbons (Fsp3) is 0.571. The highest BCUT2D eigenvalue weighted by Crippen LogP contribution is 2.26. The summed E-state index contributed by atoms with van der Waals surface area (Å²) < 4.78 is 28.3. The molecule has 1 N–H and O–H groups in total. The van der Waals surface area contributed by atoms with Gasteiger partial charge < -0.3 is 9.84 Å². The summed E-state index contributed by atoms with van der Waals surface area (Å²) in [5.41, 5.74) is 1.77. The molecule has 5 heteroatoms. The van der Waals surface area contributed by atoms with E-state index in [4.69, 9.17) is 4.74 Å². The molecule has 0 spiro atoms. The number of hydrogen-bond donors (Lipinski definition) is 1. The third-order valence-corrected chi connectivity index (χ3v) is 4.71. The molecule has 0 amide bonds. The molecule has 1 rings (SSSR count). The number of aryl methyl sites for hydroxylation is 1. The van der Waals surface area contributed by atoms with Crippen molar-refractivity contribution >= 4 is 9.84 Å². The first-order valence-electron chi connectivity index (χ1n) is 6.47. The average molecular weight is 286 g/mol. The molecule has 1 atom stereocenters. The van der Waals surface area contributed by atoms with E-state index in [0.717, 1.165) is 11.1 Å². The quantitative estimate of drug-likeness (QED) is 0.781. The Morgan fingerprint density at radius 2 is 2.05 bits per heavy atom. The lowest BCUT2D eigenvalue weighted by Gasteiger charge is -2.14. The highest BCUT2D eigenvalue weighted by Gasteiger charge is 2.10. The smallest absolute Gasteiger partial charge is 0.150 e. The van der Waals surface area contributed by atoms with Crippen LogP contribution in [0.25, 0.3) is 0 Å². The zero-order valence-corrected chi connectivity index (χ0v) is 12.5. The Balaban J connectivity index is 2.60. The van der Waals surface area contributed by atoms with Crippen LogP contribution in [0.3, 0.4) is 0 Å². The van der Waals surface area contributed by atoms with Crippen LogP contribution in [-0.4, -0.2) is 31.6 Å². The summed E-state index contributed by atoms with van der Waals surface area (Å²) >= 11 is 0. The Morgan fingerprint density at radius 1 is 1.37 bits per heavy atom. The number of aliphatic hydroxyl groups excluding tert-OH is 1. The van der Waals surface area contributed by atoms with Crippen LogP contribution < -0.4 is 4.74 Å². The second-order valence-corrected chi connectivity index (χ2v) is 7.13. The van der Waals surface area contributed by atoms with Crippen LogP contribution in [0.1, 0.15) is 37.5 Å². The molecule has 1 aromatic rings. The molecule has 0 unspecified atom stereocenters. The Kier molecular flexibility index (Phi) is 5.82. The summed E-state index contributed by atoms with van der Waals surface area (Å²) in [7, 11) is -2.94. The minimum Gasteiger partial charge on any atom is -0.493 e. The summed E-state index contributed by atoms with van der Waals surface area (Å²) in [6.07, 6.45) is -0.140. The van der Waals surface area contributed by atoms with Gasteiger partial charge in [0.1, 0.15) is 15.6 Å². The predicted molar refractivity (Wildman–Crippen MR) is 76.3 cm³/mol. The maximum atomic E-state index is 11.3. The molecule has 0 saturated carbocycles. The maximum absolute atomic E-state index is 11.3. The van der Waals surface area contributed by atoms with E-state index in [9.17, 15) is 13.5 Å². The van der Waals surface area contributed by atoms with E-state index in [-0.39, 0.29) is 11.5 Å². The van der Waals surface area contributed by atoms with Gasteiger partial charge in [0.05, 0.1) is 18.5 Å². The summed E-state index contributed by atoms with van der Waals surface area (Å²) in [5, 5.41) is 9.64. The molecule has 0 heterocycles. The summed E-state index contributed by atoms with van der Waals surface area (Å²) in [6.45, 7) is 5.60. The lowest BCUT2D eigenvalue weighted by Crippen LogP contribution is -2.12. The van der Waals surface area contributed by atoms with Crippen LogP contribution in [0.15, 0.2) is 18.2 Å². The number of hydrogen-bond acceptors (Lipinski definition) is 4. The van der Waals surface area contributed by atoms with Gasteiger partial charge in [0, 0.05) is 11.3 Å². The first-order chi connectivity index (χ1) is 8.85. The molecule has 0 saturated heterocycles. The van der Waals surface area contributed by atoms with Crippen LogP contribution in [-0.2, 0) is 9.84 Å². The second kappa shape index (κ2) is 6.91. The molecule has 1 aromatic carbocycles. The molecule has 0 bridgehead atoms. The van der Waals surface area contributed by atoms with Crippen LogP contribution in [0.4, 0.5) is 0 Å². The van der Waals surface area contributed by atoms with Crippen molar-refractivity contribution in [3.8, 4) is 5.75 Å². The van der Waals surface area contributed by atoms with Gasteiger partial charge in [-0.25, -0.2) is 8.42 Å². The van der Waals surface area contributed by atoms with E-state index in [2.05, 4.69) is 0 Å². The Morgan fingerprint density at radius 3 is 2.63 bits per heavy atom. The van der Waals surface area contributed by atoms with E-state index in [1.807, 2.05) is 25.1 Å². The number of sulfone groups is 1. The molecule has 108 valence electrons. The van der Waals surface area contributed by atoms with Gasteiger partial charge in [-0.1, -0.05) is 19.1 Å². The van der Waals surface area contributed by atoms with Gasteiger partial charge in [-0.2, -0.15) is 0 Å². The first-order valence-corrected chi connectivity index (χ1v) is 8.29. The molecular weight excluding hydrogens is 264 g/mol.